The van der Waals surface area contributed by atoms with Crippen molar-refractivity contribution >= 4 is 6.29 Å². The number of aromatic amines is 1. The van der Waals surface area contributed by atoms with Crippen LogP contribution in [0.15, 0.2) is 12.5 Å². The molecule has 0 aliphatic heterocycles. The molecule has 0 aliphatic rings. The highest BCUT2D eigenvalue weighted by molar-refractivity contribution is 5.57. The highest BCUT2D eigenvalue weighted by Gasteiger charge is 2.01. The minimum atomic E-state index is -0.416. The molecular weight excluding hydrogens is 130 g/mol. The fourth-order valence-electron chi connectivity index (χ4n) is 0.698. The Balaban J connectivity index is 2.47. The molecule has 0 saturated heterocycles. The van der Waals surface area contributed by atoms with Crippen molar-refractivity contribution in [3.8, 4) is 0 Å². The minimum Gasteiger partial charge on any atom is -0.348 e. The molecule has 0 amide bonds. The van der Waals surface area contributed by atoms with Gasteiger partial charge in [0.2, 0.25) is 0 Å². The molecule has 1 aromatic rings. The molecule has 0 saturated carbocycles. The van der Waals surface area contributed by atoms with Crippen LogP contribution in [0.3, 0.4) is 0 Å². The van der Waals surface area contributed by atoms with E-state index >= 15 is 0 Å². The maximum absolute atomic E-state index is 10.1. The van der Waals surface area contributed by atoms with Crippen LogP contribution in [-0.2, 0) is 11.2 Å². The van der Waals surface area contributed by atoms with E-state index < -0.39 is 6.04 Å². The second kappa shape index (κ2) is 3.12. The number of H-pyrrole nitrogens is 1. The van der Waals surface area contributed by atoms with Gasteiger partial charge in [-0.1, -0.05) is 0 Å². The van der Waals surface area contributed by atoms with E-state index in [1.807, 2.05) is 0 Å². The average molecular weight is 139 g/mol. The van der Waals surface area contributed by atoms with Gasteiger partial charge in [0.15, 0.2) is 0 Å². The Hall–Kier alpha value is -1.16. The lowest BCUT2D eigenvalue weighted by Crippen LogP contribution is -2.24. The van der Waals surface area contributed by atoms with Crippen LogP contribution in [0.25, 0.3) is 0 Å². The molecule has 0 fully saturated rings. The molecule has 0 aliphatic carbocycles. The third kappa shape index (κ3) is 1.66. The van der Waals surface area contributed by atoms with Crippen molar-refractivity contribution in [3.63, 3.8) is 0 Å². The summed E-state index contributed by atoms with van der Waals surface area (Å²) in [6, 6.07) is -0.416. The van der Waals surface area contributed by atoms with Gasteiger partial charge in [-0.15, -0.1) is 0 Å². The topological polar surface area (TPSA) is 71.8 Å². The van der Waals surface area contributed by atoms with Gasteiger partial charge in [0.1, 0.15) is 6.29 Å². The number of nitrogens with two attached hydrogens (primary N) is 1. The van der Waals surface area contributed by atoms with Crippen LogP contribution in [0.1, 0.15) is 5.69 Å². The summed E-state index contributed by atoms with van der Waals surface area (Å²) in [5.74, 6) is 0. The standard InChI is InChI=1S/C6H9N3O/c7-5(3-10)1-6-2-8-4-9-6/h2-5H,1,7H2,(H,8,9)/t5-/m0/s1. The van der Waals surface area contributed by atoms with E-state index in [4.69, 9.17) is 5.73 Å². The number of aldehydes is 1. The molecule has 0 aromatic carbocycles. The highest BCUT2D eigenvalue weighted by Crippen LogP contribution is 1.93. The first-order chi connectivity index (χ1) is 4.83. The number of aromatic nitrogens is 2. The van der Waals surface area contributed by atoms with Gasteiger partial charge in [0.25, 0.3) is 0 Å². The molecule has 1 heterocycles. The fraction of sp³-hybridized carbons (Fsp3) is 0.333. The van der Waals surface area contributed by atoms with Crippen LogP contribution in [0.5, 0.6) is 0 Å². The Kier molecular flexibility index (Phi) is 2.17. The Morgan fingerprint density at radius 2 is 2.70 bits per heavy atom. The number of carbonyl (C=O) groups excluding carboxylic acids is 1. The molecule has 0 radical (unpaired) electrons. The van der Waals surface area contributed by atoms with E-state index in [0.29, 0.717) is 6.42 Å². The minimum absolute atomic E-state index is 0.416. The molecule has 10 heavy (non-hydrogen) atoms. The number of hydrogen-bond acceptors (Lipinski definition) is 3. The third-order valence-corrected chi connectivity index (χ3v) is 1.19. The summed E-state index contributed by atoms with van der Waals surface area (Å²) in [5.41, 5.74) is 6.24. The quantitative estimate of drug-likeness (QED) is 0.553. The Morgan fingerprint density at radius 1 is 1.90 bits per heavy atom. The number of hydrogen-bond donors (Lipinski definition) is 2. The average Bonchev–Trinajstić information content (AvgIpc) is 2.40. The molecular formula is C6H9N3O. The van der Waals surface area contributed by atoms with Crippen molar-refractivity contribution in [3.05, 3.63) is 18.2 Å². The molecule has 54 valence electrons. The van der Waals surface area contributed by atoms with Crippen LogP contribution >= 0.6 is 0 Å². The highest BCUT2D eigenvalue weighted by atomic mass is 16.1. The van der Waals surface area contributed by atoms with Gasteiger partial charge in [-0.25, -0.2) is 4.98 Å². The third-order valence-electron chi connectivity index (χ3n) is 1.19. The molecule has 3 N–H and O–H groups in total. The van der Waals surface area contributed by atoms with Gasteiger partial charge in [-0.3, -0.25) is 0 Å². The van der Waals surface area contributed by atoms with Crippen LogP contribution < -0.4 is 5.73 Å². The Bertz CT molecular complexity index is 195. The number of rotatable bonds is 3. The summed E-state index contributed by atoms with van der Waals surface area (Å²) in [6.07, 6.45) is 4.47. The zero-order valence-corrected chi connectivity index (χ0v) is 5.45. The first-order valence-electron chi connectivity index (χ1n) is 3.01. The van der Waals surface area contributed by atoms with Crippen molar-refractivity contribution in [2.75, 3.05) is 0 Å². The van der Waals surface area contributed by atoms with E-state index in [2.05, 4.69) is 9.97 Å². The molecule has 4 heteroatoms. The van der Waals surface area contributed by atoms with Crippen molar-refractivity contribution in [2.24, 2.45) is 5.73 Å². The van der Waals surface area contributed by atoms with Gasteiger partial charge in [-0.05, 0) is 0 Å². The lowest BCUT2D eigenvalue weighted by molar-refractivity contribution is -0.108. The van der Waals surface area contributed by atoms with Gasteiger partial charge < -0.3 is 15.5 Å². The number of carbonyl (C=O) groups is 1. The molecule has 1 aromatic heterocycles. The number of nitrogens with zero attached hydrogens (tertiary/aromatic N) is 1. The largest absolute Gasteiger partial charge is 0.348 e. The SMILES string of the molecule is N[C@H](C=O)Cc1cnc[nH]1. The van der Waals surface area contributed by atoms with Crippen LogP contribution in [0.2, 0.25) is 0 Å². The van der Waals surface area contributed by atoms with Crippen molar-refractivity contribution < 1.29 is 4.79 Å². The first kappa shape index (κ1) is 6.95. The smallest absolute Gasteiger partial charge is 0.137 e. The Labute approximate surface area is 58.5 Å². The first-order valence-corrected chi connectivity index (χ1v) is 3.01. The second-order valence-electron chi connectivity index (χ2n) is 2.08. The van der Waals surface area contributed by atoms with Crippen LogP contribution in [0.4, 0.5) is 0 Å². The maximum Gasteiger partial charge on any atom is 0.137 e. The van der Waals surface area contributed by atoms with E-state index in [0.717, 1.165) is 12.0 Å². The van der Waals surface area contributed by atoms with Crippen LogP contribution in [0, 0.1) is 0 Å². The van der Waals surface area contributed by atoms with Gasteiger partial charge in [0, 0.05) is 18.3 Å². The molecule has 1 atom stereocenters. The van der Waals surface area contributed by atoms with Crippen LogP contribution in [-0.4, -0.2) is 22.3 Å². The predicted molar refractivity (Wildman–Crippen MR) is 36.3 cm³/mol. The molecule has 4 nitrogen and oxygen atoms in total. The van der Waals surface area contributed by atoms with Crippen molar-refractivity contribution in [1.82, 2.24) is 9.97 Å². The van der Waals surface area contributed by atoms with Gasteiger partial charge >= 0.3 is 0 Å². The number of nitrogens with one attached hydrogen (secondary N) is 1. The van der Waals surface area contributed by atoms with Gasteiger partial charge in [-0.2, -0.15) is 0 Å². The zero-order chi connectivity index (χ0) is 7.40. The van der Waals surface area contributed by atoms with Crippen molar-refractivity contribution in [1.29, 1.82) is 0 Å². The number of imidazole rings is 1. The monoisotopic (exact) mass is 139 g/mol. The van der Waals surface area contributed by atoms with Crippen molar-refractivity contribution in [2.45, 2.75) is 12.5 Å². The summed E-state index contributed by atoms with van der Waals surface area (Å²) >= 11 is 0. The second-order valence-corrected chi connectivity index (χ2v) is 2.08. The Morgan fingerprint density at radius 3 is 3.20 bits per heavy atom. The van der Waals surface area contributed by atoms with E-state index in [9.17, 15) is 4.79 Å². The predicted octanol–water partition coefficient (Wildman–Crippen LogP) is -0.522. The molecule has 0 unspecified atom stereocenters. The fourth-order valence-corrected chi connectivity index (χ4v) is 0.698. The summed E-state index contributed by atoms with van der Waals surface area (Å²) in [5, 5.41) is 0. The van der Waals surface area contributed by atoms with E-state index in [1.165, 1.54) is 0 Å². The summed E-state index contributed by atoms with van der Waals surface area (Å²) < 4.78 is 0. The zero-order valence-electron chi connectivity index (χ0n) is 5.45. The maximum atomic E-state index is 10.1. The lowest BCUT2D eigenvalue weighted by Gasteiger charge is -1.98. The lowest BCUT2D eigenvalue weighted by atomic mass is 10.2. The molecule has 0 spiro atoms. The summed E-state index contributed by atoms with van der Waals surface area (Å²) in [4.78, 5) is 16.7. The van der Waals surface area contributed by atoms with E-state index in [1.54, 1.807) is 12.5 Å². The molecule has 0 bridgehead atoms. The molecule has 1 rings (SSSR count). The summed E-state index contributed by atoms with van der Waals surface area (Å²) in [7, 11) is 0. The normalized spacial score (nSPS) is 12.9. The van der Waals surface area contributed by atoms with E-state index in [-0.39, 0.29) is 0 Å². The summed E-state index contributed by atoms with van der Waals surface area (Å²) in [6.45, 7) is 0. The van der Waals surface area contributed by atoms with Gasteiger partial charge in [0.05, 0.1) is 12.4 Å².